The Balaban J connectivity index is 1.36. The second kappa shape index (κ2) is 12.1. The molecule has 224 valence electrons. The molecule has 0 radical (unpaired) electrons. The van der Waals surface area contributed by atoms with Gasteiger partial charge in [-0.15, -0.1) is 0 Å². The number of anilines is 1. The number of nitro groups is 1. The number of carbonyl (C=O) groups is 1. The van der Waals surface area contributed by atoms with Crippen molar-refractivity contribution in [3.05, 3.63) is 123 Å². The van der Waals surface area contributed by atoms with Crippen molar-refractivity contribution in [2.45, 2.75) is 0 Å². The van der Waals surface area contributed by atoms with E-state index in [1.54, 1.807) is 36.4 Å². The maximum absolute atomic E-state index is 13.6. The SMILES string of the molecule is COc1cc(C=Nn2c(-c3cc4ccccc4o3)nc3ccccc3c2=O)cc([N+](=O)[O-])c1OCC(=O)Nc1cccc(F)c1. The van der Waals surface area contributed by atoms with Crippen LogP contribution in [0.25, 0.3) is 33.5 Å². The Labute approximate surface area is 253 Å². The standard InChI is InChI=1S/C32H22FN5O7/c1-43-27-14-19(13-25(38(41)42)30(27)44-18-29(39)35-22-9-6-8-21(33)16-22)17-34-37-31(28-15-20-7-2-5-12-26(20)45-28)36-24-11-4-3-10-23(24)32(37)40/h2-17H,18H2,1H3,(H,35,39). The van der Waals surface area contributed by atoms with Gasteiger partial charge in [-0.25, -0.2) is 9.37 Å². The first kappa shape index (κ1) is 28.7. The molecule has 2 aromatic heterocycles. The molecule has 0 aliphatic heterocycles. The van der Waals surface area contributed by atoms with Gasteiger partial charge in [-0.1, -0.05) is 36.4 Å². The number of aromatic nitrogens is 2. The first-order chi connectivity index (χ1) is 21.8. The van der Waals surface area contributed by atoms with Crippen LogP contribution in [-0.2, 0) is 4.79 Å². The molecule has 12 nitrogen and oxygen atoms in total. The molecule has 1 amide bonds. The van der Waals surface area contributed by atoms with Crippen LogP contribution in [0.1, 0.15) is 5.56 Å². The number of halogens is 1. The van der Waals surface area contributed by atoms with E-state index >= 15 is 0 Å². The van der Waals surface area contributed by atoms with E-state index < -0.39 is 34.5 Å². The monoisotopic (exact) mass is 607 g/mol. The highest BCUT2D eigenvalue weighted by Gasteiger charge is 2.24. The van der Waals surface area contributed by atoms with Crippen LogP contribution in [0.4, 0.5) is 15.8 Å². The predicted octanol–water partition coefficient (Wildman–Crippen LogP) is 5.77. The van der Waals surface area contributed by atoms with Gasteiger partial charge in [-0.2, -0.15) is 9.78 Å². The van der Waals surface area contributed by atoms with E-state index in [0.29, 0.717) is 22.2 Å². The van der Waals surface area contributed by atoms with Gasteiger partial charge in [0.1, 0.15) is 11.4 Å². The van der Waals surface area contributed by atoms with Gasteiger partial charge in [-0.3, -0.25) is 19.7 Å². The summed E-state index contributed by atoms with van der Waals surface area (Å²) in [5, 5.41) is 19.9. The molecule has 45 heavy (non-hydrogen) atoms. The summed E-state index contributed by atoms with van der Waals surface area (Å²) < 4.78 is 31.3. The van der Waals surface area contributed by atoms with Crippen LogP contribution in [0.5, 0.6) is 11.5 Å². The topological polar surface area (TPSA) is 151 Å². The Morgan fingerprint density at radius 2 is 1.89 bits per heavy atom. The maximum atomic E-state index is 13.6. The number of hydrogen-bond acceptors (Lipinski definition) is 9. The van der Waals surface area contributed by atoms with Crippen molar-refractivity contribution >= 4 is 45.4 Å². The number of amides is 1. The maximum Gasteiger partial charge on any atom is 0.315 e. The first-order valence-corrected chi connectivity index (χ1v) is 13.4. The van der Waals surface area contributed by atoms with Crippen LogP contribution in [-0.4, -0.2) is 40.4 Å². The number of ether oxygens (including phenoxy) is 2. The molecular weight excluding hydrogens is 585 g/mol. The average Bonchev–Trinajstić information content (AvgIpc) is 3.47. The Hall–Kier alpha value is -6.37. The second-order valence-electron chi connectivity index (χ2n) is 9.64. The molecule has 13 heteroatoms. The number of benzene rings is 4. The number of nitrogens with one attached hydrogen (secondary N) is 1. The van der Waals surface area contributed by atoms with Crippen molar-refractivity contribution in [3.8, 4) is 23.1 Å². The minimum absolute atomic E-state index is 0.0642. The summed E-state index contributed by atoms with van der Waals surface area (Å²) in [6.07, 6.45) is 1.24. The summed E-state index contributed by atoms with van der Waals surface area (Å²) in [5.41, 5.74) is 0.396. The number of para-hydroxylation sites is 2. The van der Waals surface area contributed by atoms with E-state index in [1.807, 2.05) is 18.2 Å². The van der Waals surface area contributed by atoms with Crippen LogP contribution in [0, 0.1) is 15.9 Å². The predicted molar refractivity (Wildman–Crippen MR) is 164 cm³/mol. The third-order valence-electron chi connectivity index (χ3n) is 6.65. The van der Waals surface area contributed by atoms with Crippen molar-refractivity contribution in [1.29, 1.82) is 0 Å². The van der Waals surface area contributed by atoms with E-state index in [9.17, 15) is 24.1 Å². The summed E-state index contributed by atoms with van der Waals surface area (Å²) in [7, 11) is 1.27. The summed E-state index contributed by atoms with van der Waals surface area (Å²) in [6.45, 7) is -0.625. The molecule has 0 saturated carbocycles. The lowest BCUT2D eigenvalue weighted by Gasteiger charge is -2.12. The highest BCUT2D eigenvalue weighted by atomic mass is 19.1. The molecule has 4 aromatic carbocycles. The summed E-state index contributed by atoms with van der Waals surface area (Å²) in [4.78, 5) is 41.9. The minimum Gasteiger partial charge on any atom is -0.493 e. The molecule has 0 bridgehead atoms. The third-order valence-corrected chi connectivity index (χ3v) is 6.65. The Bertz CT molecular complexity index is 2160. The van der Waals surface area contributed by atoms with Crippen molar-refractivity contribution in [2.24, 2.45) is 5.10 Å². The number of methoxy groups -OCH3 is 1. The largest absolute Gasteiger partial charge is 0.493 e. The number of nitro benzene ring substituents is 1. The Kier molecular flexibility index (Phi) is 7.72. The van der Waals surface area contributed by atoms with Crippen LogP contribution >= 0.6 is 0 Å². The summed E-state index contributed by atoms with van der Waals surface area (Å²) >= 11 is 0. The Morgan fingerprint density at radius 1 is 1.09 bits per heavy atom. The lowest BCUT2D eigenvalue weighted by atomic mass is 10.2. The minimum atomic E-state index is -0.705. The third kappa shape index (κ3) is 5.95. The molecule has 0 aliphatic carbocycles. The van der Waals surface area contributed by atoms with E-state index in [-0.39, 0.29) is 28.6 Å². The second-order valence-corrected chi connectivity index (χ2v) is 9.64. The fourth-order valence-electron chi connectivity index (χ4n) is 4.62. The number of furan rings is 1. The van der Waals surface area contributed by atoms with Gasteiger partial charge in [0.05, 0.1) is 29.2 Å². The molecule has 0 atom stereocenters. The van der Waals surface area contributed by atoms with Crippen molar-refractivity contribution < 1.29 is 28.0 Å². The lowest BCUT2D eigenvalue weighted by molar-refractivity contribution is -0.385. The molecule has 0 fully saturated rings. The lowest BCUT2D eigenvalue weighted by Crippen LogP contribution is -2.21. The van der Waals surface area contributed by atoms with Crippen molar-refractivity contribution in [1.82, 2.24) is 9.66 Å². The van der Waals surface area contributed by atoms with Crippen LogP contribution in [0.2, 0.25) is 0 Å². The van der Waals surface area contributed by atoms with Gasteiger partial charge in [0, 0.05) is 22.7 Å². The molecule has 6 rings (SSSR count). The van der Waals surface area contributed by atoms with Crippen molar-refractivity contribution in [2.75, 3.05) is 19.0 Å². The first-order valence-electron chi connectivity index (χ1n) is 13.4. The van der Waals surface area contributed by atoms with Crippen LogP contribution in [0.15, 0.2) is 105 Å². The molecule has 0 unspecified atom stereocenters. The molecule has 0 spiro atoms. The van der Waals surface area contributed by atoms with E-state index in [1.165, 1.54) is 37.6 Å². The highest BCUT2D eigenvalue weighted by molar-refractivity contribution is 5.92. The molecule has 0 saturated heterocycles. The highest BCUT2D eigenvalue weighted by Crippen LogP contribution is 2.38. The molecule has 0 aliphatic rings. The van der Waals surface area contributed by atoms with Crippen LogP contribution in [0.3, 0.4) is 0 Å². The zero-order valence-electron chi connectivity index (χ0n) is 23.5. The molecule has 2 heterocycles. The fourth-order valence-corrected chi connectivity index (χ4v) is 4.62. The number of hydrogen-bond donors (Lipinski definition) is 1. The normalized spacial score (nSPS) is 11.2. The van der Waals surface area contributed by atoms with Gasteiger partial charge >= 0.3 is 5.69 Å². The quantitative estimate of drug-likeness (QED) is 0.124. The number of fused-ring (bicyclic) bond motifs is 2. The zero-order valence-corrected chi connectivity index (χ0v) is 23.5. The number of nitrogens with zero attached hydrogens (tertiary/aromatic N) is 4. The molecular formula is C32H22FN5O7. The van der Waals surface area contributed by atoms with Gasteiger partial charge in [0.15, 0.2) is 18.1 Å². The van der Waals surface area contributed by atoms with Gasteiger partial charge in [0.25, 0.3) is 11.5 Å². The molecule has 6 aromatic rings. The average molecular weight is 608 g/mol. The zero-order chi connectivity index (χ0) is 31.5. The van der Waals surface area contributed by atoms with E-state index in [0.717, 1.165) is 22.2 Å². The number of carbonyl (C=O) groups excluding carboxylic acids is 1. The van der Waals surface area contributed by atoms with E-state index in [4.69, 9.17) is 13.9 Å². The van der Waals surface area contributed by atoms with Crippen LogP contribution < -0.4 is 20.3 Å². The van der Waals surface area contributed by atoms with Crippen molar-refractivity contribution in [3.63, 3.8) is 0 Å². The van der Waals surface area contributed by atoms with Gasteiger partial charge in [0.2, 0.25) is 11.6 Å². The smallest absolute Gasteiger partial charge is 0.315 e. The fraction of sp³-hybridized carbons (Fsp3) is 0.0625. The molecule has 1 N–H and O–H groups in total. The van der Waals surface area contributed by atoms with E-state index in [2.05, 4.69) is 15.4 Å². The summed E-state index contributed by atoms with van der Waals surface area (Å²) in [5.74, 6) is -1.18. The Morgan fingerprint density at radius 3 is 2.67 bits per heavy atom. The van der Waals surface area contributed by atoms with Gasteiger partial charge < -0.3 is 19.2 Å². The van der Waals surface area contributed by atoms with Gasteiger partial charge in [-0.05, 0) is 48.5 Å². The number of rotatable bonds is 9. The summed E-state index contributed by atoms with van der Waals surface area (Å²) in [6, 6.07) is 23.6.